The fourth-order valence-electron chi connectivity index (χ4n) is 2.53. The number of rotatable bonds is 4. The summed E-state index contributed by atoms with van der Waals surface area (Å²) in [5, 5.41) is 9.72. The van der Waals surface area contributed by atoms with Crippen molar-refractivity contribution in [2.45, 2.75) is 25.5 Å². The van der Waals surface area contributed by atoms with Gasteiger partial charge in [-0.05, 0) is 37.4 Å². The van der Waals surface area contributed by atoms with Crippen molar-refractivity contribution >= 4 is 0 Å². The van der Waals surface area contributed by atoms with Gasteiger partial charge in [-0.25, -0.2) is 0 Å². The van der Waals surface area contributed by atoms with E-state index in [1.54, 1.807) is 0 Å². The predicted molar refractivity (Wildman–Crippen MR) is 69.5 cm³/mol. The smallest absolute Gasteiger partial charge is 0.0691 e. The molecule has 1 heterocycles. The number of aliphatic hydroxyl groups is 1. The largest absolute Gasteiger partial charge is 0.392 e. The van der Waals surface area contributed by atoms with E-state index in [-0.39, 0.29) is 6.10 Å². The molecule has 1 atom stereocenters. The third-order valence-electron chi connectivity index (χ3n) is 3.67. The number of hydrogen-bond acceptors (Lipinski definition) is 3. The number of hydrogen-bond donors (Lipinski definition) is 2. The molecule has 3 heteroatoms. The van der Waals surface area contributed by atoms with Gasteiger partial charge in [0.05, 0.1) is 6.10 Å². The van der Waals surface area contributed by atoms with Crippen molar-refractivity contribution in [3.8, 4) is 0 Å². The molecule has 94 valence electrons. The second kappa shape index (κ2) is 6.15. The molecular weight excluding hydrogens is 212 g/mol. The van der Waals surface area contributed by atoms with Crippen molar-refractivity contribution in [1.29, 1.82) is 0 Å². The maximum absolute atomic E-state index is 9.72. The van der Waals surface area contributed by atoms with Crippen LogP contribution in [0.4, 0.5) is 0 Å². The van der Waals surface area contributed by atoms with Crippen LogP contribution >= 0.6 is 0 Å². The third kappa shape index (κ3) is 3.53. The Bertz CT molecular complexity index is 320. The first kappa shape index (κ1) is 12.6. The highest BCUT2D eigenvalue weighted by molar-refractivity contribution is 5.14. The van der Waals surface area contributed by atoms with Gasteiger partial charge in [-0.15, -0.1) is 0 Å². The lowest BCUT2D eigenvalue weighted by atomic mass is 9.91. The fraction of sp³-hybridized carbons (Fsp3) is 0.571. The van der Waals surface area contributed by atoms with Gasteiger partial charge in [-0.1, -0.05) is 30.3 Å². The van der Waals surface area contributed by atoms with Crippen LogP contribution in [-0.4, -0.2) is 35.7 Å². The Morgan fingerprint density at radius 3 is 2.47 bits per heavy atom. The van der Waals surface area contributed by atoms with Crippen molar-refractivity contribution in [2.24, 2.45) is 11.7 Å². The van der Waals surface area contributed by atoms with Gasteiger partial charge in [0.2, 0.25) is 0 Å². The molecule has 0 aliphatic carbocycles. The molecule has 2 rings (SSSR count). The quantitative estimate of drug-likeness (QED) is 0.823. The normalized spacial score (nSPS) is 20.4. The van der Waals surface area contributed by atoms with Crippen molar-refractivity contribution in [3.05, 3.63) is 35.9 Å². The molecule has 0 amide bonds. The summed E-state index contributed by atoms with van der Waals surface area (Å²) < 4.78 is 0. The molecule has 1 aliphatic rings. The highest BCUT2D eigenvalue weighted by Crippen LogP contribution is 2.21. The molecule has 0 saturated carbocycles. The van der Waals surface area contributed by atoms with E-state index < -0.39 is 0 Å². The maximum Gasteiger partial charge on any atom is 0.0691 e. The average molecular weight is 234 g/mol. The van der Waals surface area contributed by atoms with Gasteiger partial charge in [0.25, 0.3) is 0 Å². The Balaban J connectivity index is 1.80. The summed E-state index contributed by atoms with van der Waals surface area (Å²) in [5.74, 6) is 0.395. The first-order valence-electron chi connectivity index (χ1n) is 6.44. The standard InChI is InChI=1S/C14H22N2O/c15-10-14(17)13-6-8-16(9-7-13)11-12-4-2-1-3-5-12/h1-5,13-14,17H,6-11,15H2. The minimum atomic E-state index is -0.311. The molecule has 1 saturated heterocycles. The van der Waals surface area contributed by atoms with E-state index in [2.05, 4.69) is 29.2 Å². The van der Waals surface area contributed by atoms with E-state index in [9.17, 15) is 5.11 Å². The van der Waals surface area contributed by atoms with Gasteiger partial charge in [0, 0.05) is 13.1 Å². The number of nitrogens with zero attached hydrogens (tertiary/aromatic N) is 1. The molecule has 1 aliphatic heterocycles. The van der Waals surface area contributed by atoms with E-state index in [1.807, 2.05) is 6.07 Å². The van der Waals surface area contributed by atoms with Crippen LogP contribution in [0.5, 0.6) is 0 Å². The number of piperidine rings is 1. The Morgan fingerprint density at radius 1 is 1.24 bits per heavy atom. The van der Waals surface area contributed by atoms with Crippen molar-refractivity contribution in [3.63, 3.8) is 0 Å². The second-order valence-electron chi connectivity index (χ2n) is 4.90. The van der Waals surface area contributed by atoms with Crippen molar-refractivity contribution in [2.75, 3.05) is 19.6 Å². The SMILES string of the molecule is NCC(O)C1CCN(Cc2ccccc2)CC1. The van der Waals surface area contributed by atoms with E-state index >= 15 is 0 Å². The molecule has 0 aromatic heterocycles. The summed E-state index contributed by atoms with van der Waals surface area (Å²) in [6, 6.07) is 10.6. The summed E-state index contributed by atoms with van der Waals surface area (Å²) in [4.78, 5) is 2.45. The Morgan fingerprint density at radius 2 is 1.88 bits per heavy atom. The van der Waals surface area contributed by atoms with Gasteiger partial charge in [0.1, 0.15) is 0 Å². The predicted octanol–water partition coefficient (Wildman–Crippen LogP) is 1.22. The topological polar surface area (TPSA) is 49.5 Å². The summed E-state index contributed by atoms with van der Waals surface area (Å²) >= 11 is 0. The average Bonchev–Trinajstić information content (AvgIpc) is 2.40. The van der Waals surface area contributed by atoms with E-state index in [0.717, 1.165) is 32.5 Å². The second-order valence-corrected chi connectivity index (χ2v) is 4.90. The lowest BCUT2D eigenvalue weighted by Crippen LogP contribution is -2.39. The van der Waals surface area contributed by atoms with Crippen LogP contribution in [0.2, 0.25) is 0 Å². The zero-order valence-electron chi connectivity index (χ0n) is 10.3. The summed E-state index contributed by atoms with van der Waals surface area (Å²) in [5.41, 5.74) is 6.86. The van der Waals surface area contributed by atoms with Crippen LogP contribution in [0.3, 0.4) is 0 Å². The Labute approximate surface area is 103 Å². The van der Waals surface area contributed by atoms with Crippen LogP contribution in [0.15, 0.2) is 30.3 Å². The van der Waals surface area contributed by atoms with Gasteiger partial charge >= 0.3 is 0 Å². The van der Waals surface area contributed by atoms with Gasteiger partial charge in [-0.3, -0.25) is 4.90 Å². The molecular formula is C14H22N2O. The molecule has 1 aromatic rings. The van der Waals surface area contributed by atoms with Crippen molar-refractivity contribution in [1.82, 2.24) is 4.90 Å². The maximum atomic E-state index is 9.72. The van der Waals surface area contributed by atoms with Crippen LogP contribution in [0.25, 0.3) is 0 Å². The number of aliphatic hydroxyl groups excluding tert-OH is 1. The van der Waals surface area contributed by atoms with Gasteiger partial charge < -0.3 is 10.8 Å². The number of nitrogens with two attached hydrogens (primary N) is 1. The van der Waals surface area contributed by atoms with Crippen LogP contribution in [-0.2, 0) is 6.54 Å². The monoisotopic (exact) mass is 234 g/mol. The Hall–Kier alpha value is -0.900. The van der Waals surface area contributed by atoms with E-state index in [1.165, 1.54) is 5.56 Å². The fourth-order valence-corrected chi connectivity index (χ4v) is 2.53. The first-order chi connectivity index (χ1) is 8.29. The molecule has 17 heavy (non-hydrogen) atoms. The first-order valence-corrected chi connectivity index (χ1v) is 6.44. The zero-order chi connectivity index (χ0) is 12.1. The minimum absolute atomic E-state index is 0.311. The third-order valence-corrected chi connectivity index (χ3v) is 3.67. The molecule has 0 bridgehead atoms. The van der Waals surface area contributed by atoms with Gasteiger partial charge in [0.15, 0.2) is 0 Å². The zero-order valence-corrected chi connectivity index (χ0v) is 10.3. The van der Waals surface area contributed by atoms with Crippen molar-refractivity contribution < 1.29 is 5.11 Å². The van der Waals surface area contributed by atoms with E-state index in [4.69, 9.17) is 5.73 Å². The molecule has 1 fully saturated rings. The lowest BCUT2D eigenvalue weighted by Gasteiger charge is -2.33. The Kier molecular flexibility index (Phi) is 4.54. The van der Waals surface area contributed by atoms with E-state index in [0.29, 0.717) is 12.5 Å². The summed E-state index contributed by atoms with van der Waals surface area (Å²) in [6.45, 7) is 3.54. The molecule has 1 unspecified atom stereocenters. The molecule has 1 aromatic carbocycles. The highest BCUT2D eigenvalue weighted by Gasteiger charge is 2.24. The number of benzene rings is 1. The van der Waals surface area contributed by atoms with Crippen LogP contribution < -0.4 is 5.73 Å². The number of likely N-dealkylation sites (tertiary alicyclic amines) is 1. The molecule has 3 nitrogen and oxygen atoms in total. The van der Waals surface area contributed by atoms with Crippen LogP contribution in [0.1, 0.15) is 18.4 Å². The summed E-state index contributed by atoms with van der Waals surface area (Å²) in [7, 11) is 0. The minimum Gasteiger partial charge on any atom is -0.392 e. The van der Waals surface area contributed by atoms with Gasteiger partial charge in [-0.2, -0.15) is 0 Å². The molecule has 0 radical (unpaired) electrons. The lowest BCUT2D eigenvalue weighted by molar-refractivity contribution is 0.0630. The molecule has 3 N–H and O–H groups in total. The van der Waals surface area contributed by atoms with Crippen LogP contribution in [0, 0.1) is 5.92 Å². The summed E-state index contributed by atoms with van der Waals surface area (Å²) in [6.07, 6.45) is 1.81. The molecule has 0 spiro atoms. The highest BCUT2D eigenvalue weighted by atomic mass is 16.3.